The molecule has 0 saturated carbocycles. The van der Waals surface area contributed by atoms with Gasteiger partial charge in [-0.15, -0.1) is 0 Å². The Labute approximate surface area is 191 Å². The smallest absolute Gasteiger partial charge is 0.193 e. The van der Waals surface area contributed by atoms with Crippen LogP contribution in [0.5, 0.6) is 0 Å². The van der Waals surface area contributed by atoms with E-state index >= 15 is 0 Å². The van der Waals surface area contributed by atoms with Crippen molar-refractivity contribution in [1.29, 1.82) is 0 Å². The Kier molecular flexibility index (Phi) is 6.80. The van der Waals surface area contributed by atoms with Gasteiger partial charge in [0, 0.05) is 44.1 Å². The number of rotatable bonds is 5. The predicted octanol–water partition coefficient (Wildman–Crippen LogP) is 6.60. The van der Waals surface area contributed by atoms with Crippen LogP contribution in [0.15, 0.2) is 42.5 Å². The quantitative estimate of drug-likeness (QED) is 0.497. The van der Waals surface area contributed by atoms with Crippen LogP contribution in [0.25, 0.3) is 0 Å². The molecule has 170 valence electrons. The van der Waals surface area contributed by atoms with Crippen LogP contribution in [-0.2, 0) is 0 Å². The molecule has 0 saturated heterocycles. The maximum absolute atomic E-state index is 13.3. The number of carbonyl (C=O) groups excluding carboxylic acids is 4. The molecule has 0 amide bonds. The first kappa shape index (κ1) is 25.4. The average Bonchev–Trinajstić information content (AvgIpc) is 2.69. The second-order valence-electron chi connectivity index (χ2n) is 11.4. The Morgan fingerprint density at radius 3 is 1.06 bits per heavy atom. The minimum Gasteiger partial charge on any atom is -0.294 e. The second-order valence-corrected chi connectivity index (χ2v) is 11.4. The first-order valence-corrected chi connectivity index (χ1v) is 10.9. The van der Waals surface area contributed by atoms with E-state index in [1.807, 2.05) is 20.8 Å². The summed E-state index contributed by atoms with van der Waals surface area (Å²) in [7, 11) is 0. The summed E-state index contributed by atoms with van der Waals surface area (Å²) < 4.78 is 0. The number of hydrogen-bond acceptors (Lipinski definition) is 4. The molecule has 0 atom stereocenters. The fourth-order valence-electron chi connectivity index (χ4n) is 3.26. The zero-order valence-electron chi connectivity index (χ0n) is 20.7. The molecule has 0 spiro atoms. The molecule has 0 heterocycles. The Bertz CT molecular complexity index is 1020. The van der Waals surface area contributed by atoms with Crippen LogP contribution in [0, 0.1) is 16.2 Å². The maximum Gasteiger partial charge on any atom is 0.193 e. The van der Waals surface area contributed by atoms with Crippen molar-refractivity contribution in [2.75, 3.05) is 0 Å². The number of Topliss-reactive ketones (excluding diaryl/α,β-unsaturated/α-hetero) is 3. The molecule has 0 bridgehead atoms. The highest BCUT2D eigenvalue weighted by Gasteiger charge is 2.29. The van der Waals surface area contributed by atoms with E-state index in [9.17, 15) is 19.2 Å². The van der Waals surface area contributed by atoms with Crippen LogP contribution < -0.4 is 0 Å². The Morgan fingerprint density at radius 2 is 0.719 bits per heavy atom. The maximum atomic E-state index is 13.3. The molecule has 0 aliphatic rings. The van der Waals surface area contributed by atoms with Crippen LogP contribution >= 0.6 is 0 Å². The number of benzene rings is 2. The van der Waals surface area contributed by atoms with Crippen LogP contribution in [0.4, 0.5) is 0 Å². The van der Waals surface area contributed by atoms with Gasteiger partial charge in [0.25, 0.3) is 0 Å². The highest BCUT2D eigenvalue weighted by atomic mass is 16.1. The fourth-order valence-corrected chi connectivity index (χ4v) is 3.26. The van der Waals surface area contributed by atoms with Gasteiger partial charge in [-0.05, 0) is 18.2 Å². The van der Waals surface area contributed by atoms with Gasteiger partial charge in [-0.2, -0.15) is 0 Å². The molecule has 0 fully saturated rings. The van der Waals surface area contributed by atoms with Crippen molar-refractivity contribution in [1.82, 2.24) is 0 Å². The summed E-state index contributed by atoms with van der Waals surface area (Å²) in [4.78, 5) is 51.7. The van der Waals surface area contributed by atoms with Gasteiger partial charge >= 0.3 is 0 Å². The minimum atomic E-state index is -0.654. The molecule has 0 N–H and O–H groups in total. The van der Waals surface area contributed by atoms with Crippen molar-refractivity contribution in [3.63, 3.8) is 0 Å². The first-order valence-electron chi connectivity index (χ1n) is 10.9. The summed E-state index contributed by atoms with van der Waals surface area (Å²) in [5.41, 5.74) is 0.0695. The summed E-state index contributed by atoms with van der Waals surface area (Å²) in [6.07, 6.45) is 0. The van der Waals surface area contributed by atoms with E-state index in [1.165, 1.54) is 0 Å². The van der Waals surface area contributed by atoms with E-state index < -0.39 is 16.2 Å². The Morgan fingerprint density at radius 1 is 0.438 bits per heavy atom. The Balaban J connectivity index is 2.56. The lowest BCUT2D eigenvalue weighted by Crippen LogP contribution is -2.24. The second kappa shape index (κ2) is 8.57. The summed E-state index contributed by atoms with van der Waals surface area (Å²) in [5.74, 6) is -0.582. The third-order valence-corrected chi connectivity index (χ3v) is 5.17. The normalized spacial score (nSPS) is 12.4. The third kappa shape index (κ3) is 5.67. The number of hydrogen-bond donors (Lipinski definition) is 0. The third-order valence-electron chi connectivity index (χ3n) is 5.17. The van der Waals surface area contributed by atoms with Gasteiger partial charge in [-0.3, -0.25) is 19.2 Å². The highest BCUT2D eigenvalue weighted by molar-refractivity contribution is 6.13. The van der Waals surface area contributed by atoms with E-state index in [2.05, 4.69) is 0 Å². The molecule has 0 radical (unpaired) electrons. The summed E-state index contributed by atoms with van der Waals surface area (Å²) in [5, 5.41) is 0. The van der Waals surface area contributed by atoms with Gasteiger partial charge in [0.05, 0.1) is 0 Å². The summed E-state index contributed by atoms with van der Waals surface area (Å²) in [6.45, 7) is 16.4. The minimum absolute atomic E-state index is 0.00710. The zero-order valence-corrected chi connectivity index (χ0v) is 20.7. The lowest BCUT2D eigenvalue weighted by molar-refractivity contribution is 0.0848. The highest BCUT2D eigenvalue weighted by Crippen LogP contribution is 2.28. The van der Waals surface area contributed by atoms with Crippen molar-refractivity contribution in [3.8, 4) is 0 Å². The van der Waals surface area contributed by atoms with Crippen LogP contribution in [0.1, 0.15) is 109 Å². The average molecular weight is 435 g/mol. The van der Waals surface area contributed by atoms with Crippen molar-refractivity contribution in [2.24, 2.45) is 16.2 Å². The fraction of sp³-hybridized carbons (Fsp3) is 0.429. The molecule has 4 nitrogen and oxygen atoms in total. The van der Waals surface area contributed by atoms with E-state index in [-0.39, 0.29) is 28.7 Å². The number of carbonyl (C=O) groups is 4. The van der Waals surface area contributed by atoms with Crippen LogP contribution in [0.2, 0.25) is 0 Å². The Hall–Kier alpha value is -2.88. The van der Waals surface area contributed by atoms with E-state index in [4.69, 9.17) is 0 Å². The van der Waals surface area contributed by atoms with E-state index in [0.29, 0.717) is 22.3 Å². The molecule has 2 aromatic carbocycles. The molecular formula is C28H34O4. The molecule has 0 aromatic heterocycles. The first-order chi connectivity index (χ1) is 14.4. The van der Waals surface area contributed by atoms with Crippen LogP contribution in [-0.4, -0.2) is 23.1 Å². The van der Waals surface area contributed by atoms with Crippen molar-refractivity contribution in [3.05, 3.63) is 70.3 Å². The zero-order chi connectivity index (χ0) is 24.6. The SMILES string of the molecule is CC(C)(C)C(=O)c1ccc(C(=O)c2cc(C(=O)C(C)(C)C)cc(C(=O)C(C)(C)C)c2)cc1. The molecule has 2 aromatic rings. The van der Waals surface area contributed by atoms with Gasteiger partial charge in [0.1, 0.15) is 0 Å². The monoisotopic (exact) mass is 434 g/mol. The number of ketones is 4. The lowest BCUT2D eigenvalue weighted by Gasteiger charge is -2.20. The van der Waals surface area contributed by atoms with Crippen molar-refractivity contribution >= 4 is 23.1 Å². The molecule has 0 aliphatic carbocycles. The molecule has 4 heteroatoms. The van der Waals surface area contributed by atoms with Gasteiger partial charge in [-0.25, -0.2) is 0 Å². The van der Waals surface area contributed by atoms with Crippen molar-refractivity contribution < 1.29 is 19.2 Å². The molecule has 0 unspecified atom stereocenters. The van der Waals surface area contributed by atoms with Gasteiger partial charge in [0.2, 0.25) is 0 Å². The summed E-state index contributed by atoms with van der Waals surface area (Å²) >= 11 is 0. The topological polar surface area (TPSA) is 68.3 Å². The van der Waals surface area contributed by atoms with Gasteiger partial charge in [-0.1, -0.05) is 86.6 Å². The molecule has 2 rings (SSSR count). The lowest BCUT2D eigenvalue weighted by atomic mass is 9.81. The van der Waals surface area contributed by atoms with Crippen molar-refractivity contribution in [2.45, 2.75) is 62.3 Å². The molecule has 0 aliphatic heterocycles. The van der Waals surface area contributed by atoms with Crippen LogP contribution in [0.3, 0.4) is 0 Å². The summed E-state index contributed by atoms with van der Waals surface area (Å²) in [6, 6.07) is 11.2. The predicted molar refractivity (Wildman–Crippen MR) is 128 cm³/mol. The largest absolute Gasteiger partial charge is 0.294 e. The standard InChI is InChI=1S/C28H34O4/c1-26(2,3)23(30)18-12-10-17(11-13-18)22(29)19-14-20(24(31)27(4,5)6)16-21(15-19)25(32)28(7,8)9/h10-16H,1-9H3. The van der Waals surface area contributed by atoms with E-state index in [1.54, 1.807) is 84.0 Å². The van der Waals surface area contributed by atoms with E-state index in [0.717, 1.165) is 0 Å². The van der Waals surface area contributed by atoms with Gasteiger partial charge in [0.15, 0.2) is 23.1 Å². The molecule has 32 heavy (non-hydrogen) atoms. The molecular weight excluding hydrogens is 400 g/mol. The van der Waals surface area contributed by atoms with Gasteiger partial charge < -0.3 is 0 Å².